The summed E-state index contributed by atoms with van der Waals surface area (Å²) in [6.07, 6.45) is 2.05. The lowest BCUT2D eigenvalue weighted by Crippen LogP contribution is -2.25. The van der Waals surface area contributed by atoms with Crippen molar-refractivity contribution in [2.24, 2.45) is 11.1 Å². The molecule has 3 nitrogen and oxygen atoms in total. The predicted octanol–water partition coefficient (Wildman–Crippen LogP) is 1.86. The Hall–Kier alpha value is -1.06. The molecule has 0 amide bonds. The van der Waals surface area contributed by atoms with E-state index in [2.05, 4.69) is 0 Å². The number of aliphatic hydroxyl groups excluding tert-OH is 1. The first-order valence-corrected chi connectivity index (χ1v) is 5.81. The summed E-state index contributed by atoms with van der Waals surface area (Å²) in [6.45, 7) is 2.82. The van der Waals surface area contributed by atoms with Crippen molar-refractivity contribution in [3.05, 3.63) is 29.8 Å². The molecule has 0 heterocycles. The maximum atomic E-state index is 9.32. The molecule has 2 rings (SSSR count). The van der Waals surface area contributed by atoms with E-state index in [9.17, 15) is 5.11 Å². The molecule has 3 heteroatoms. The molecule has 0 aliphatic heterocycles. The van der Waals surface area contributed by atoms with Gasteiger partial charge < -0.3 is 15.6 Å². The highest BCUT2D eigenvalue weighted by Crippen LogP contribution is 2.53. The summed E-state index contributed by atoms with van der Waals surface area (Å²) in [6, 6.07) is 7.79. The summed E-state index contributed by atoms with van der Waals surface area (Å²) in [5.41, 5.74) is 7.19. The monoisotopic (exact) mass is 221 g/mol. The van der Waals surface area contributed by atoms with Crippen molar-refractivity contribution in [3.8, 4) is 5.75 Å². The van der Waals surface area contributed by atoms with Crippen molar-refractivity contribution in [3.63, 3.8) is 0 Å². The lowest BCUT2D eigenvalue weighted by atomic mass is 9.91. The molecule has 3 N–H and O–H groups in total. The highest BCUT2D eigenvalue weighted by molar-refractivity contribution is 5.31. The summed E-state index contributed by atoms with van der Waals surface area (Å²) in [4.78, 5) is 0. The zero-order chi connectivity index (χ0) is 11.6. The lowest BCUT2D eigenvalue weighted by molar-refractivity contribution is 0.187. The van der Waals surface area contributed by atoms with Gasteiger partial charge in [0, 0.05) is 11.5 Å². The molecular formula is C13H19NO2. The molecule has 1 fully saturated rings. The minimum atomic E-state index is -0.0624. The number of rotatable bonds is 5. The third-order valence-electron chi connectivity index (χ3n) is 3.42. The Bertz CT molecular complexity index is 343. The van der Waals surface area contributed by atoms with Crippen LogP contribution >= 0.6 is 0 Å². The minimum absolute atomic E-state index is 0.0619. The topological polar surface area (TPSA) is 55.5 Å². The van der Waals surface area contributed by atoms with Crippen molar-refractivity contribution in [1.29, 1.82) is 0 Å². The van der Waals surface area contributed by atoms with E-state index in [0.29, 0.717) is 6.61 Å². The standard InChI is InChI=1S/C13H19NO2/c1-2-16-11-5-3-10(4-6-11)12(14)13(9-15)7-8-13/h3-6,12,15H,2,7-9,14H2,1H3. The summed E-state index contributed by atoms with van der Waals surface area (Å²) >= 11 is 0. The molecule has 1 aliphatic carbocycles. The van der Waals surface area contributed by atoms with Gasteiger partial charge in [0.05, 0.1) is 13.2 Å². The lowest BCUT2D eigenvalue weighted by Gasteiger charge is -2.21. The Morgan fingerprint density at radius 2 is 2.00 bits per heavy atom. The van der Waals surface area contributed by atoms with Gasteiger partial charge in [-0.05, 0) is 37.5 Å². The second kappa shape index (κ2) is 4.44. The summed E-state index contributed by atoms with van der Waals surface area (Å²) in [7, 11) is 0. The minimum Gasteiger partial charge on any atom is -0.494 e. The smallest absolute Gasteiger partial charge is 0.119 e. The normalized spacial score (nSPS) is 19.2. The maximum Gasteiger partial charge on any atom is 0.119 e. The molecule has 88 valence electrons. The van der Waals surface area contributed by atoms with Gasteiger partial charge in [-0.1, -0.05) is 12.1 Å². The van der Waals surface area contributed by atoms with Gasteiger partial charge in [0.2, 0.25) is 0 Å². The molecule has 0 radical (unpaired) electrons. The van der Waals surface area contributed by atoms with Crippen LogP contribution in [-0.4, -0.2) is 18.3 Å². The number of benzene rings is 1. The van der Waals surface area contributed by atoms with Crippen LogP contribution in [0, 0.1) is 5.41 Å². The predicted molar refractivity (Wildman–Crippen MR) is 63.3 cm³/mol. The van der Waals surface area contributed by atoms with Gasteiger partial charge in [0.15, 0.2) is 0 Å². The molecule has 1 aliphatic rings. The first-order valence-electron chi connectivity index (χ1n) is 5.81. The first-order chi connectivity index (χ1) is 7.72. The van der Waals surface area contributed by atoms with Crippen molar-refractivity contribution < 1.29 is 9.84 Å². The number of ether oxygens (including phenoxy) is 1. The Balaban J connectivity index is 2.09. The van der Waals surface area contributed by atoms with Crippen molar-refractivity contribution >= 4 is 0 Å². The molecule has 1 aromatic carbocycles. The van der Waals surface area contributed by atoms with Gasteiger partial charge in [-0.2, -0.15) is 0 Å². The number of nitrogens with two attached hydrogens (primary N) is 1. The number of aliphatic hydroxyl groups is 1. The van der Waals surface area contributed by atoms with Crippen molar-refractivity contribution in [1.82, 2.24) is 0 Å². The van der Waals surface area contributed by atoms with Gasteiger partial charge in [0.1, 0.15) is 5.75 Å². The van der Waals surface area contributed by atoms with Gasteiger partial charge in [0.25, 0.3) is 0 Å². The first kappa shape index (κ1) is 11.4. The van der Waals surface area contributed by atoms with E-state index >= 15 is 0 Å². The van der Waals surface area contributed by atoms with E-state index in [-0.39, 0.29) is 18.1 Å². The van der Waals surface area contributed by atoms with Crippen LogP contribution in [0.5, 0.6) is 5.75 Å². The van der Waals surface area contributed by atoms with E-state index in [0.717, 1.165) is 24.2 Å². The molecule has 0 spiro atoms. The summed E-state index contributed by atoms with van der Waals surface area (Å²) < 4.78 is 5.38. The Morgan fingerprint density at radius 3 is 2.44 bits per heavy atom. The molecule has 0 bridgehead atoms. The summed E-state index contributed by atoms with van der Waals surface area (Å²) in [5, 5.41) is 9.32. The molecule has 16 heavy (non-hydrogen) atoms. The van der Waals surface area contributed by atoms with Crippen LogP contribution in [0.25, 0.3) is 0 Å². The molecule has 0 saturated heterocycles. The van der Waals surface area contributed by atoms with Crippen LogP contribution in [0.2, 0.25) is 0 Å². The van der Waals surface area contributed by atoms with E-state index in [4.69, 9.17) is 10.5 Å². The van der Waals surface area contributed by atoms with Crippen LogP contribution in [0.4, 0.5) is 0 Å². The van der Waals surface area contributed by atoms with Crippen molar-refractivity contribution in [2.75, 3.05) is 13.2 Å². The highest BCUT2D eigenvalue weighted by atomic mass is 16.5. The van der Waals surface area contributed by atoms with Crippen LogP contribution in [0.1, 0.15) is 31.4 Å². The van der Waals surface area contributed by atoms with Gasteiger partial charge in [-0.25, -0.2) is 0 Å². The molecule has 1 atom stereocenters. The van der Waals surface area contributed by atoms with Gasteiger partial charge in [-0.15, -0.1) is 0 Å². The fourth-order valence-corrected chi connectivity index (χ4v) is 2.02. The van der Waals surface area contributed by atoms with Crippen molar-refractivity contribution in [2.45, 2.75) is 25.8 Å². The number of hydrogen-bond acceptors (Lipinski definition) is 3. The molecule has 1 unspecified atom stereocenters. The average molecular weight is 221 g/mol. The quantitative estimate of drug-likeness (QED) is 0.798. The molecular weight excluding hydrogens is 202 g/mol. The zero-order valence-electron chi connectivity index (χ0n) is 9.65. The van der Waals surface area contributed by atoms with Gasteiger partial charge >= 0.3 is 0 Å². The Morgan fingerprint density at radius 1 is 1.38 bits per heavy atom. The third-order valence-corrected chi connectivity index (χ3v) is 3.42. The fraction of sp³-hybridized carbons (Fsp3) is 0.538. The second-order valence-electron chi connectivity index (χ2n) is 4.50. The van der Waals surface area contributed by atoms with E-state index in [1.54, 1.807) is 0 Å². The summed E-state index contributed by atoms with van der Waals surface area (Å²) in [5.74, 6) is 0.868. The van der Waals surface area contributed by atoms with Gasteiger partial charge in [-0.3, -0.25) is 0 Å². The van der Waals surface area contributed by atoms with E-state index in [1.807, 2.05) is 31.2 Å². The second-order valence-corrected chi connectivity index (χ2v) is 4.50. The molecule has 0 aromatic heterocycles. The zero-order valence-corrected chi connectivity index (χ0v) is 9.65. The maximum absolute atomic E-state index is 9.32. The largest absolute Gasteiger partial charge is 0.494 e. The highest BCUT2D eigenvalue weighted by Gasteiger charge is 2.47. The van der Waals surface area contributed by atoms with Crippen LogP contribution in [-0.2, 0) is 0 Å². The SMILES string of the molecule is CCOc1ccc(C(N)C2(CO)CC2)cc1. The third kappa shape index (κ3) is 2.06. The van der Waals surface area contributed by atoms with Crippen LogP contribution in [0.3, 0.4) is 0 Å². The fourth-order valence-electron chi connectivity index (χ4n) is 2.02. The van der Waals surface area contributed by atoms with E-state index in [1.165, 1.54) is 0 Å². The number of hydrogen-bond donors (Lipinski definition) is 2. The molecule has 1 aromatic rings. The van der Waals surface area contributed by atoms with Crippen LogP contribution < -0.4 is 10.5 Å². The Kier molecular flexibility index (Phi) is 3.17. The van der Waals surface area contributed by atoms with Crippen LogP contribution in [0.15, 0.2) is 24.3 Å². The Labute approximate surface area is 96.2 Å². The van der Waals surface area contributed by atoms with E-state index < -0.39 is 0 Å². The average Bonchev–Trinajstić information content (AvgIpc) is 3.10. The molecule has 1 saturated carbocycles.